The summed E-state index contributed by atoms with van der Waals surface area (Å²) in [6.45, 7) is 0. The molecule has 0 fully saturated rings. The third-order valence-electron chi connectivity index (χ3n) is 2.32. The summed E-state index contributed by atoms with van der Waals surface area (Å²) in [6.07, 6.45) is -3.75. The van der Waals surface area contributed by atoms with Crippen LogP contribution < -0.4 is 0 Å². The van der Waals surface area contributed by atoms with Crippen LogP contribution in [0.15, 0.2) is 28.9 Å². The Kier molecular flexibility index (Phi) is 2.97. The summed E-state index contributed by atoms with van der Waals surface area (Å²) in [5.41, 5.74) is -1.61. The fourth-order valence-electron chi connectivity index (χ4n) is 1.54. The molecule has 0 N–H and O–H groups in total. The van der Waals surface area contributed by atoms with Crippen LogP contribution in [-0.2, 0) is 6.18 Å². The predicted octanol–water partition coefficient (Wildman–Crippen LogP) is 3.92. The Morgan fingerprint density at radius 1 is 1.33 bits per heavy atom. The molecule has 1 aromatic heterocycles. The van der Waals surface area contributed by atoms with Crippen molar-refractivity contribution in [1.29, 1.82) is 0 Å². The molecule has 2 rings (SSSR count). The fourth-order valence-corrected chi connectivity index (χ4v) is 2.10. The van der Waals surface area contributed by atoms with Crippen LogP contribution in [0.5, 0.6) is 0 Å². The standard InChI is InChI=1S/C10H4BrF3N2O2/c11-8-5-2-1-3-6(10(12,13)14)9(5)15-4-7(8)16(17)18/h1-4H. The average Bonchev–Trinajstić information content (AvgIpc) is 2.27. The summed E-state index contributed by atoms with van der Waals surface area (Å²) < 4.78 is 38.1. The van der Waals surface area contributed by atoms with Gasteiger partial charge >= 0.3 is 11.9 Å². The normalized spacial score (nSPS) is 11.8. The van der Waals surface area contributed by atoms with Crippen LogP contribution in [-0.4, -0.2) is 9.91 Å². The predicted molar refractivity (Wildman–Crippen MR) is 61.1 cm³/mol. The van der Waals surface area contributed by atoms with Crippen LogP contribution in [0.1, 0.15) is 5.56 Å². The van der Waals surface area contributed by atoms with Crippen LogP contribution in [0.25, 0.3) is 10.9 Å². The maximum Gasteiger partial charge on any atom is 0.418 e. The van der Waals surface area contributed by atoms with Crippen molar-refractivity contribution in [2.75, 3.05) is 0 Å². The summed E-state index contributed by atoms with van der Waals surface area (Å²) in [4.78, 5) is 13.5. The number of hydrogen-bond acceptors (Lipinski definition) is 3. The Labute approximate surface area is 107 Å². The molecule has 0 saturated heterocycles. The number of benzene rings is 1. The number of halogens is 4. The third-order valence-corrected chi connectivity index (χ3v) is 3.15. The molecule has 94 valence electrons. The lowest BCUT2D eigenvalue weighted by molar-refractivity contribution is -0.385. The highest BCUT2D eigenvalue weighted by Gasteiger charge is 2.34. The molecule has 0 bridgehead atoms. The van der Waals surface area contributed by atoms with E-state index in [0.717, 1.165) is 12.3 Å². The Balaban J connectivity index is 2.83. The fraction of sp³-hybridized carbons (Fsp3) is 0.100. The molecule has 0 spiro atoms. The van der Waals surface area contributed by atoms with Crippen molar-refractivity contribution in [2.45, 2.75) is 6.18 Å². The number of pyridine rings is 1. The van der Waals surface area contributed by atoms with Crippen LogP contribution in [0.2, 0.25) is 0 Å². The van der Waals surface area contributed by atoms with Crippen molar-refractivity contribution >= 4 is 32.5 Å². The maximum absolute atomic E-state index is 12.7. The van der Waals surface area contributed by atoms with Gasteiger partial charge in [-0.2, -0.15) is 13.2 Å². The Hall–Kier alpha value is -1.70. The first-order chi connectivity index (χ1) is 8.32. The molecule has 0 saturated carbocycles. The molecule has 1 heterocycles. The van der Waals surface area contributed by atoms with Gasteiger partial charge in [-0.15, -0.1) is 0 Å². The number of nitrogens with zero attached hydrogens (tertiary/aromatic N) is 2. The van der Waals surface area contributed by atoms with Gasteiger partial charge in [-0.25, -0.2) is 4.98 Å². The van der Waals surface area contributed by atoms with Gasteiger partial charge < -0.3 is 0 Å². The van der Waals surface area contributed by atoms with E-state index in [1.807, 2.05) is 0 Å². The molecule has 0 unspecified atom stereocenters. The smallest absolute Gasteiger partial charge is 0.258 e. The zero-order valence-electron chi connectivity index (χ0n) is 8.53. The van der Waals surface area contributed by atoms with Gasteiger partial charge in [0.1, 0.15) is 10.7 Å². The van der Waals surface area contributed by atoms with E-state index in [9.17, 15) is 23.3 Å². The number of alkyl halides is 3. The summed E-state index contributed by atoms with van der Waals surface area (Å²) in [6, 6.07) is 3.41. The first-order valence-electron chi connectivity index (χ1n) is 4.61. The van der Waals surface area contributed by atoms with Gasteiger partial charge in [-0.1, -0.05) is 12.1 Å². The van der Waals surface area contributed by atoms with E-state index < -0.39 is 16.7 Å². The highest BCUT2D eigenvalue weighted by molar-refractivity contribution is 9.10. The quantitative estimate of drug-likeness (QED) is 0.591. The number of para-hydroxylation sites is 1. The van der Waals surface area contributed by atoms with Crippen LogP contribution in [0.3, 0.4) is 0 Å². The van der Waals surface area contributed by atoms with Crippen molar-refractivity contribution in [3.63, 3.8) is 0 Å². The first-order valence-corrected chi connectivity index (χ1v) is 5.40. The highest BCUT2D eigenvalue weighted by atomic mass is 79.9. The zero-order valence-corrected chi connectivity index (χ0v) is 10.1. The van der Waals surface area contributed by atoms with Crippen molar-refractivity contribution in [3.05, 3.63) is 44.5 Å². The Bertz CT molecular complexity index is 643. The molecule has 8 heteroatoms. The highest BCUT2D eigenvalue weighted by Crippen LogP contribution is 2.38. The van der Waals surface area contributed by atoms with E-state index >= 15 is 0 Å². The molecule has 0 aliphatic heterocycles. The second-order valence-corrected chi connectivity index (χ2v) is 4.21. The molecule has 0 amide bonds. The summed E-state index contributed by atoms with van der Waals surface area (Å²) in [5, 5.41) is 10.7. The number of aromatic nitrogens is 1. The van der Waals surface area contributed by atoms with Crippen LogP contribution >= 0.6 is 15.9 Å². The molecular weight excluding hydrogens is 317 g/mol. The summed E-state index contributed by atoms with van der Waals surface area (Å²) in [7, 11) is 0. The van der Waals surface area contributed by atoms with Gasteiger partial charge in [0, 0.05) is 5.39 Å². The molecule has 18 heavy (non-hydrogen) atoms. The number of nitro groups is 1. The molecule has 1 aromatic carbocycles. The van der Waals surface area contributed by atoms with E-state index in [0.29, 0.717) is 0 Å². The van der Waals surface area contributed by atoms with E-state index in [1.165, 1.54) is 12.1 Å². The molecule has 0 aliphatic carbocycles. The van der Waals surface area contributed by atoms with Gasteiger partial charge in [0.05, 0.1) is 16.0 Å². The average molecular weight is 321 g/mol. The van der Waals surface area contributed by atoms with Gasteiger partial charge in [0.15, 0.2) is 0 Å². The van der Waals surface area contributed by atoms with Crippen LogP contribution in [0.4, 0.5) is 18.9 Å². The van der Waals surface area contributed by atoms with Gasteiger partial charge in [-0.3, -0.25) is 10.1 Å². The van der Waals surface area contributed by atoms with Gasteiger partial charge in [0.25, 0.3) is 0 Å². The van der Waals surface area contributed by atoms with Crippen LogP contribution in [0, 0.1) is 10.1 Å². The molecule has 4 nitrogen and oxygen atoms in total. The second kappa shape index (κ2) is 4.20. The SMILES string of the molecule is O=[N+]([O-])c1cnc2c(C(F)(F)F)cccc2c1Br. The Morgan fingerprint density at radius 2 is 2.00 bits per heavy atom. The Morgan fingerprint density at radius 3 is 2.56 bits per heavy atom. The maximum atomic E-state index is 12.7. The number of rotatable bonds is 1. The number of fused-ring (bicyclic) bond motifs is 1. The number of hydrogen-bond donors (Lipinski definition) is 0. The lowest BCUT2D eigenvalue weighted by Crippen LogP contribution is -2.06. The van der Waals surface area contributed by atoms with Crippen molar-refractivity contribution in [1.82, 2.24) is 4.98 Å². The van der Waals surface area contributed by atoms with Crippen molar-refractivity contribution in [2.24, 2.45) is 0 Å². The van der Waals surface area contributed by atoms with Crippen molar-refractivity contribution in [3.8, 4) is 0 Å². The van der Waals surface area contributed by atoms with E-state index in [1.54, 1.807) is 0 Å². The molecular formula is C10H4BrF3N2O2. The molecule has 0 atom stereocenters. The van der Waals surface area contributed by atoms with Gasteiger partial charge in [0.2, 0.25) is 0 Å². The minimum atomic E-state index is -4.55. The topological polar surface area (TPSA) is 56.0 Å². The monoisotopic (exact) mass is 320 g/mol. The lowest BCUT2D eigenvalue weighted by atomic mass is 10.1. The van der Waals surface area contributed by atoms with Crippen molar-refractivity contribution < 1.29 is 18.1 Å². The first kappa shape index (κ1) is 12.7. The third kappa shape index (κ3) is 2.03. The molecule has 0 aliphatic rings. The summed E-state index contributed by atoms with van der Waals surface area (Å²) >= 11 is 2.93. The lowest BCUT2D eigenvalue weighted by Gasteiger charge is -2.10. The van der Waals surface area contributed by atoms with E-state index in [2.05, 4.69) is 20.9 Å². The zero-order chi connectivity index (χ0) is 13.5. The second-order valence-electron chi connectivity index (χ2n) is 3.41. The minimum absolute atomic E-state index is 0.0106. The van der Waals surface area contributed by atoms with Gasteiger partial charge in [-0.05, 0) is 22.0 Å². The van der Waals surface area contributed by atoms with E-state index in [-0.39, 0.29) is 21.1 Å². The molecule has 2 aromatic rings. The molecule has 0 radical (unpaired) electrons. The van der Waals surface area contributed by atoms with E-state index in [4.69, 9.17) is 0 Å². The minimum Gasteiger partial charge on any atom is -0.258 e. The largest absolute Gasteiger partial charge is 0.418 e. The summed E-state index contributed by atoms with van der Waals surface area (Å²) in [5.74, 6) is 0.